The van der Waals surface area contributed by atoms with E-state index in [2.05, 4.69) is 31.3 Å². The molecule has 0 fully saturated rings. The summed E-state index contributed by atoms with van der Waals surface area (Å²) in [5.41, 5.74) is 4.71. The molecule has 1 aromatic heterocycles. The number of anilines is 1. The summed E-state index contributed by atoms with van der Waals surface area (Å²) in [5.74, 6) is 0.379. The summed E-state index contributed by atoms with van der Waals surface area (Å²) in [6.45, 7) is 4.05. The number of benzene rings is 3. The van der Waals surface area contributed by atoms with Crippen LogP contribution in [0.1, 0.15) is 21.7 Å². The number of nitrogens with one attached hydrogen (secondary N) is 1. The molecular formula is C23H19BrN4O. The molecule has 0 aliphatic rings. The van der Waals surface area contributed by atoms with Crippen LogP contribution in [0.25, 0.3) is 17.1 Å². The first-order valence-electron chi connectivity index (χ1n) is 9.18. The van der Waals surface area contributed by atoms with Crippen molar-refractivity contribution in [1.82, 2.24) is 14.8 Å². The summed E-state index contributed by atoms with van der Waals surface area (Å²) in [4.78, 5) is 17.4. The highest BCUT2D eigenvalue weighted by atomic mass is 79.9. The SMILES string of the molecule is Cc1ccc(NC(=O)c2nc(-c3ccccc3)n(-c3ccc(Br)cc3)n2)cc1C. The van der Waals surface area contributed by atoms with E-state index in [9.17, 15) is 4.79 Å². The lowest BCUT2D eigenvalue weighted by molar-refractivity contribution is 0.101. The lowest BCUT2D eigenvalue weighted by atomic mass is 10.1. The van der Waals surface area contributed by atoms with Gasteiger partial charge in [0.05, 0.1) is 5.69 Å². The van der Waals surface area contributed by atoms with Crippen LogP contribution in [0, 0.1) is 13.8 Å². The van der Waals surface area contributed by atoms with Gasteiger partial charge in [0.1, 0.15) is 0 Å². The van der Waals surface area contributed by atoms with Crippen LogP contribution >= 0.6 is 15.9 Å². The molecule has 144 valence electrons. The van der Waals surface area contributed by atoms with Gasteiger partial charge >= 0.3 is 0 Å². The molecule has 6 heteroatoms. The molecule has 0 unspecified atom stereocenters. The van der Waals surface area contributed by atoms with Crippen LogP contribution in [0.4, 0.5) is 5.69 Å². The number of aryl methyl sites for hydroxylation is 2. The molecule has 29 heavy (non-hydrogen) atoms. The quantitative estimate of drug-likeness (QED) is 0.445. The molecule has 5 nitrogen and oxygen atoms in total. The molecule has 4 aromatic rings. The maximum atomic E-state index is 12.8. The second-order valence-electron chi connectivity index (χ2n) is 6.77. The predicted octanol–water partition coefficient (Wildman–Crippen LogP) is 5.57. The van der Waals surface area contributed by atoms with Crippen molar-refractivity contribution in [3.63, 3.8) is 0 Å². The molecule has 1 heterocycles. The van der Waals surface area contributed by atoms with E-state index in [0.29, 0.717) is 5.82 Å². The van der Waals surface area contributed by atoms with E-state index in [-0.39, 0.29) is 11.7 Å². The van der Waals surface area contributed by atoms with Crippen LogP contribution in [-0.4, -0.2) is 20.7 Å². The Labute approximate surface area is 177 Å². The summed E-state index contributed by atoms with van der Waals surface area (Å²) in [5, 5.41) is 7.39. The van der Waals surface area contributed by atoms with Crippen LogP contribution in [0.15, 0.2) is 77.3 Å². The Morgan fingerprint density at radius 3 is 2.34 bits per heavy atom. The third-order valence-corrected chi connectivity index (χ3v) is 5.21. The van der Waals surface area contributed by atoms with Crippen LogP contribution in [-0.2, 0) is 0 Å². The Morgan fingerprint density at radius 1 is 0.931 bits per heavy atom. The number of hydrogen-bond donors (Lipinski definition) is 1. The van der Waals surface area contributed by atoms with Crippen molar-refractivity contribution in [2.45, 2.75) is 13.8 Å². The molecule has 0 spiro atoms. The molecule has 3 aromatic carbocycles. The minimum Gasteiger partial charge on any atom is -0.319 e. The van der Waals surface area contributed by atoms with Crippen molar-refractivity contribution in [3.8, 4) is 17.1 Å². The summed E-state index contributed by atoms with van der Waals surface area (Å²) in [6, 6.07) is 23.2. The van der Waals surface area contributed by atoms with Crippen LogP contribution in [0.3, 0.4) is 0 Å². The molecule has 0 saturated carbocycles. The zero-order valence-corrected chi connectivity index (χ0v) is 17.6. The number of hydrogen-bond acceptors (Lipinski definition) is 3. The van der Waals surface area contributed by atoms with Gasteiger partial charge in [-0.3, -0.25) is 4.79 Å². The van der Waals surface area contributed by atoms with Gasteiger partial charge in [0.15, 0.2) is 5.82 Å². The molecular weight excluding hydrogens is 428 g/mol. The minimum atomic E-state index is -0.346. The Bertz CT molecular complexity index is 1170. The van der Waals surface area contributed by atoms with E-state index >= 15 is 0 Å². The first-order chi connectivity index (χ1) is 14.0. The maximum absolute atomic E-state index is 12.8. The van der Waals surface area contributed by atoms with E-state index in [1.807, 2.05) is 86.6 Å². The Balaban J connectivity index is 1.73. The van der Waals surface area contributed by atoms with Crippen molar-refractivity contribution < 1.29 is 4.79 Å². The summed E-state index contributed by atoms with van der Waals surface area (Å²) in [7, 11) is 0. The Morgan fingerprint density at radius 2 is 1.66 bits per heavy atom. The largest absolute Gasteiger partial charge is 0.319 e. The average Bonchev–Trinajstić information content (AvgIpc) is 3.18. The van der Waals surface area contributed by atoms with Gasteiger partial charge in [-0.05, 0) is 61.4 Å². The minimum absolute atomic E-state index is 0.116. The topological polar surface area (TPSA) is 59.8 Å². The van der Waals surface area contributed by atoms with Gasteiger partial charge in [0, 0.05) is 15.7 Å². The fourth-order valence-corrected chi connectivity index (χ4v) is 3.22. The van der Waals surface area contributed by atoms with Gasteiger partial charge in [0.2, 0.25) is 5.82 Å². The monoisotopic (exact) mass is 446 g/mol. The van der Waals surface area contributed by atoms with Crippen molar-refractivity contribution in [2.24, 2.45) is 0 Å². The summed E-state index contributed by atoms with van der Waals surface area (Å²) < 4.78 is 2.66. The van der Waals surface area contributed by atoms with Crippen molar-refractivity contribution >= 4 is 27.5 Å². The first-order valence-corrected chi connectivity index (χ1v) is 9.97. The smallest absolute Gasteiger partial charge is 0.295 e. The first kappa shape index (κ1) is 19.1. The van der Waals surface area contributed by atoms with Gasteiger partial charge in [-0.2, -0.15) is 0 Å². The van der Waals surface area contributed by atoms with Gasteiger partial charge in [-0.15, -0.1) is 5.10 Å². The third-order valence-electron chi connectivity index (χ3n) is 4.68. The van der Waals surface area contributed by atoms with E-state index in [1.165, 1.54) is 5.56 Å². The van der Waals surface area contributed by atoms with Crippen molar-refractivity contribution in [1.29, 1.82) is 0 Å². The summed E-state index contributed by atoms with van der Waals surface area (Å²) in [6.07, 6.45) is 0. The molecule has 1 N–H and O–H groups in total. The number of halogens is 1. The van der Waals surface area contributed by atoms with Crippen molar-refractivity contribution in [2.75, 3.05) is 5.32 Å². The maximum Gasteiger partial charge on any atom is 0.295 e. The van der Waals surface area contributed by atoms with E-state index in [1.54, 1.807) is 4.68 Å². The number of carbonyl (C=O) groups is 1. The van der Waals surface area contributed by atoms with Crippen LogP contribution in [0.2, 0.25) is 0 Å². The number of aromatic nitrogens is 3. The van der Waals surface area contributed by atoms with Gasteiger partial charge in [-0.1, -0.05) is 52.3 Å². The fourth-order valence-electron chi connectivity index (χ4n) is 2.95. The van der Waals surface area contributed by atoms with Gasteiger partial charge < -0.3 is 5.32 Å². The number of rotatable bonds is 4. The van der Waals surface area contributed by atoms with Gasteiger partial charge in [0.25, 0.3) is 5.91 Å². The van der Waals surface area contributed by atoms with E-state index in [4.69, 9.17) is 0 Å². The van der Waals surface area contributed by atoms with E-state index < -0.39 is 0 Å². The lowest BCUT2D eigenvalue weighted by Crippen LogP contribution is -2.14. The third kappa shape index (κ3) is 4.12. The summed E-state index contributed by atoms with van der Waals surface area (Å²) >= 11 is 3.45. The van der Waals surface area contributed by atoms with Crippen LogP contribution in [0.5, 0.6) is 0 Å². The molecule has 0 aliphatic heterocycles. The zero-order valence-electron chi connectivity index (χ0n) is 16.1. The highest BCUT2D eigenvalue weighted by Gasteiger charge is 2.19. The molecule has 1 amide bonds. The highest BCUT2D eigenvalue weighted by Crippen LogP contribution is 2.23. The van der Waals surface area contributed by atoms with E-state index in [0.717, 1.165) is 27.0 Å². The average molecular weight is 447 g/mol. The second kappa shape index (κ2) is 8.01. The van der Waals surface area contributed by atoms with Crippen LogP contribution < -0.4 is 5.32 Å². The second-order valence-corrected chi connectivity index (χ2v) is 7.68. The molecule has 4 rings (SSSR count). The zero-order chi connectivity index (χ0) is 20.4. The fraction of sp³-hybridized carbons (Fsp3) is 0.0870. The number of carbonyl (C=O) groups excluding carboxylic acids is 1. The molecule has 0 atom stereocenters. The normalized spacial score (nSPS) is 10.7. The molecule has 0 aliphatic carbocycles. The molecule has 0 bridgehead atoms. The van der Waals surface area contributed by atoms with Crippen molar-refractivity contribution in [3.05, 3.63) is 94.2 Å². The predicted molar refractivity (Wildman–Crippen MR) is 118 cm³/mol. The Kier molecular flexibility index (Phi) is 5.27. The lowest BCUT2D eigenvalue weighted by Gasteiger charge is -2.06. The highest BCUT2D eigenvalue weighted by molar-refractivity contribution is 9.10. The Hall–Kier alpha value is -3.25. The standard InChI is InChI=1S/C23H19BrN4O/c1-15-8-11-19(14-16(15)2)25-23(29)21-26-22(17-6-4-3-5-7-17)28(27-21)20-12-9-18(24)10-13-20/h3-14H,1-2H3,(H,25,29). The molecule has 0 saturated heterocycles. The van der Waals surface area contributed by atoms with Gasteiger partial charge in [-0.25, -0.2) is 9.67 Å². The molecule has 0 radical (unpaired) electrons. The number of nitrogens with zero attached hydrogens (tertiary/aromatic N) is 3. The number of amides is 1.